The van der Waals surface area contributed by atoms with E-state index < -0.39 is 6.09 Å². The normalized spacial score (nSPS) is 14.2. The maximum atomic E-state index is 12.4. The van der Waals surface area contributed by atoms with Crippen molar-refractivity contribution in [1.82, 2.24) is 10.2 Å². The molecule has 6 heteroatoms. The molecule has 0 aliphatic carbocycles. The van der Waals surface area contributed by atoms with Gasteiger partial charge in [0.1, 0.15) is 12.4 Å². The molecule has 0 spiro atoms. The van der Waals surface area contributed by atoms with Crippen molar-refractivity contribution in [2.45, 2.75) is 45.3 Å². The number of nitrogens with zero attached hydrogens (tertiary/aromatic N) is 1. The maximum absolute atomic E-state index is 12.4. The van der Waals surface area contributed by atoms with Gasteiger partial charge in [0, 0.05) is 19.1 Å². The van der Waals surface area contributed by atoms with Crippen molar-refractivity contribution >= 4 is 12.0 Å². The van der Waals surface area contributed by atoms with Crippen molar-refractivity contribution in [3.63, 3.8) is 0 Å². The minimum Gasteiger partial charge on any atom is -0.484 e. The van der Waals surface area contributed by atoms with E-state index in [1.165, 1.54) is 5.56 Å². The molecule has 1 N–H and O–H groups in total. The smallest absolute Gasteiger partial charge is 0.407 e. The zero-order valence-electron chi connectivity index (χ0n) is 17.5. The first kappa shape index (κ1) is 21.7. The van der Waals surface area contributed by atoms with E-state index in [1.54, 1.807) is 4.90 Å². The van der Waals surface area contributed by atoms with Crippen molar-refractivity contribution in [1.29, 1.82) is 0 Å². The summed E-state index contributed by atoms with van der Waals surface area (Å²) < 4.78 is 10.9. The van der Waals surface area contributed by atoms with Crippen LogP contribution in [0.4, 0.5) is 4.79 Å². The first-order valence-corrected chi connectivity index (χ1v) is 10.6. The lowest BCUT2D eigenvalue weighted by Gasteiger charge is -2.32. The first-order valence-electron chi connectivity index (χ1n) is 10.6. The number of rotatable bonds is 8. The van der Waals surface area contributed by atoms with E-state index in [-0.39, 0.29) is 25.2 Å². The number of hydrogen-bond donors (Lipinski definition) is 1. The second-order valence-corrected chi connectivity index (χ2v) is 7.54. The summed E-state index contributed by atoms with van der Waals surface area (Å²) >= 11 is 0. The average Bonchev–Trinajstić information content (AvgIpc) is 2.78. The van der Waals surface area contributed by atoms with Crippen molar-refractivity contribution < 1.29 is 19.1 Å². The van der Waals surface area contributed by atoms with Gasteiger partial charge in [0.2, 0.25) is 0 Å². The van der Waals surface area contributed by atoms with E-state index in [0.29, 0.717) is 31.7 Å². The molecule has 6 nitrogen and oxygen atoms in total. The third-order valence-corrected chi connectivity index (χ3v) is 5.21. The van der Waals surface area contributed by atoms with Gasteiger partial charge in [0.25, 0.3) is 5.91 Å². The molecule has 160 valence electrons. The van der Waals surface area contributed by atoms with Crippen LogP contribution in [0.25, 0.3) is 0 Å². The Kier molecular flexibility index (Phi) is 8.12. The summed E-state index contributed by atoms with van der Waals surface area (Å²) in [5.74, 6) is 0.679. The van der Waals surface area contributed by atoms with Gasteiger partial charge in [-0.05, 0) is 42.5 Å². The summed E-state index contributed by atoms with van der Waals surface area (Å²) in [7, 11) is 0. The Morgan fingerprint density at radius 2 is 1.70 bits per heavy atom. The van der Waals surface area contributed by atoms with Gasteiger partial charge in [-0.1, -0.05) is 55.8 Å². The largest absolute Gasteiger partial charge is 0.484 e. The summed E-state index contributed by atoms with van der Waals surface area (Å²) in [6, 6.07) is 17.5. The van der Waals surface area contributed by atoms with Crippen molar-refractivity contribution in [2.75, 3.05) is 19.7 Å². The van der Waals surface area contributed by atoms with Crippen molar-refractivity contribution in [3.8, 4) is 5.75 Å². The highest BCUT2D eigenvalue weighted by Gasteiger charge is 2.24. The number of carbonyl (C=O) groups excluding carboxylic acids is 2. The lowest BCUT2D eigenvalue weighted by molar-refractivity contribution is -0.134. The fourth-order valence-corrected chi connectivity index (χ4v) is 3.48. The zero-order chi connectivity index (χ0) is 21.2. The molecule has 0 atom stereocenters. The first-order chi connectivity index (χ1) is 14.6. The molecule has 1 aliphatic rings. The van der Waals surface area contributed by atoms with Crippen LogP contribution in [-0.2, 0) is 22.6 Å². The fraction of sp³-hybridized carbons (Fsp3) is 0.417. The third-order valence-electron chi connectivity index (χ3n) is 5.21. The highest BCUT2D eigenvalue weighted by molar-refractivity contribution is 5.78. The van der Waals surface area contributed by atoms with Crippen LogP contribution in [0, 0.1) is 0 Å². The minimum absolute atomic E-state index is 0.0179. The van der Waals surface area contributed by atoms with Crippen LogP contribution >= 0.6 is 0 Å². The summed E-state index contributed by atoms with van der Waals surface area (Å²) in [5.41, 5.74) is 2.22. The molecule has 2 amide bonds. The maximum Gasteiger partial charge on any atom is 0.407 e. The van der Waals surface area contributed by atoms with E-state index in [0.717, 1.165) is 18.4 Å². The number of amides is 2. The van der Waals surface area contributed by atoms with Gasteiger partial charge in [-0.2, -0.15) is 0 Å². The number of ether oxygens (including phenoxy) is 2. The van der Waals surface area contributed by atoms with Gasteiger partial charge in [0.15, 0.2) is 6.61 Å². The molecule has 1 aliphatic heterocycles. The average molecular weight is 411 g/mol. The Labute approximate surface area is 178 Å². The molecule has 1 fully saturated rings. The predicted molar refractivity (Wildman–Crippen MR) is 115 cm³/mol. The van der Waals surface area contributed by atoms with Crippen LogP contribution in [0.1, 0.15) is 37.3 Å². The van der Waals surface area contributed by atoms with E-state index in [2.05, 4.69) is 12.2 Å². The number of nitrogens with one attached hydrogen (secondary N) is 1. The number of aryl methyl sites for hydroxylation is 1. The van der Waals surface area contributed by atoms with Crippen LogP contribution in [0.5, 0.6) is 5.75 Å². The number of alkyl carbamates (subject to hydrolysis) is 1. The van der Waals surface area contributed by atoms with Crippen LogP contribution in [0.15, 0.2) is 54.6 Å². The predicted octanol–water partition coefficient (Wildman–Crippen LogP) is 3.94. The van der Waals surface area contributed by atoms with Crippen LogP contribution in [-0.4, -0.2) is 42.6 Å². The molecular weight excluding hydrogens is 380 g/mol. The highest BCUT2D eigenvalue weighted by Crippen LogP contribution is 2.15. The second-order valence-electron chi connectivity index (χ2n) is 7.54. The molecule has 0 radical (unpaired) electrons. The minimum atomic E-state index is -0.418. The van der Waals surface area contributed by atoms with Crippen LogP contribution in [0.2, 0.25) is 0 Å². The lowest BCUT2D eigenvalue weighted by Crippen LogP contribution is -2.47. The van der Waals surface area contributed by atoms with Crippen LogP contribution in [0.3, 0.4) is 0 Å². The molecule has 30 heavy (non-hydrogen) atoms. The molecule has 1 heterocycles. The van der Waals surface area contributed by atoms with E-state index in [1.807, 2.05) is 54.6 Å². The number of piperidine rings is 1. The molecule has 0 saturated carbocycles. The summed E-state index contributed by atoms with van der Waals surface area (Å²) in [4.78, 5) is 26.2. The highest BCUT2D eigenvalue weighted by atomic mass is 16.5. The van der Waals surface area contributed by atoms with Gasteiger partial charge in [-0.25, -0.2) is 4.79 Å². The molecule has 0 aromatic heterocycles. The van der Waals surface area contributed by atoms with Gasteiger partial charge in [0.05, 0.1) is 0 Å². The van der Waals surface area contributed by atoms with Crippen molar-refractivity contribution in [2.24, 2.45) is 0 Å². The molecule has 0 unspecified atom stereocenters. The molecule has 3 rings (SSSR count). The van der Waals surface area contributed by atoms with E-state index >= 15 is 0 Å². The molecule has 0 bridgehead atoms. The fourth-order valence-electron chi connectivity index (χ4n) is 3.48. The quantitative estimate of drug-likeness (QED) is 0.716. The summed E-state index contributed by atoms with van der Waals surface area (Å²) in [6.07, 6.45) is 3.14. The summed E-state index contributed by atoms with van der Waals surface area (Å²) in [6.45, 7) is 3.63. The topological polar surface area (TPSA) is 67.9 Å². The Hall–Kier alpha value is -3.02. The Bertz CT molecular complexity index is 800. The third kappa shape index (κ3) is 6.79. The van der Waals surface area contributed by atoms with E-state index in [4.69, 9.17) is 9.47 Å². The van der Waals surface area contributed by atoms with Crippen LogP contribution < -0.4 is 10.1 Å². The standard InChI is InChI=1S/C24H30N2O4/c1-2-6-19-9-11-22(12-10-19)29-18-23(27)26-15-13-21(14-16-26)25-24(28)30-17-20-7-4-3-5-8-20/h3-5,7-12,21H,2,6,13-18H2,1H3,(H,25,28). The van der Waals surface area contributed by atoms with Gasteiger partial charge < -0.3 is 19.7 Å². The van der Waals surface area contributed by atoms with E-state index in [9.17, 15) is 9.59 Å². The molecule has 2 aromatic carbocycles. The van der Waals surface area contributed by atoms with Gasteiger partial charge in [-0.3, -0.25) is 4.79 Å². The summed E-state index contributed by atoms with van der Waals surface area (Å²) in [5, 5.41) is 2.89. The number of hydrogen-bond acceptors (Lipinski definition) is 4. The molecular formula is C24H30N2O4. The number of carbonyl (C=O) groups is 2. The number of likely N-dealkylation sites (tertiary alicyclic amines) is 1. The molecule has 1 saturated heterocycles. The monoisotopic (exact) mass is 410 g/mol. The SMILES string of the molecule is CCCc1ccc(OCC(=O)N2CCC(NC(=O)OCc3ccccc3)CC2)cc1. The molecule has 2 aromatic rings. The second kappa shape index (κ2) is 11.2. The Balaban J connectivity index is 1.34. The Morgan fingerprint density at radius 3 is 2.37 bits per heavy atom. The Morgan fingerprint density at radius 1 is 1.00 bits per heavy atom. The van der Waals surface area contributed by atoms with Gasteiger partial charge >= 0.3 is 6.09 Å². The van der Waals surface area contributed by atoms with Crippen molar-refractivity contribution in [3.05, 3.63) is 65.7 Å². The van der Waals surface area contributed by atoms with Gasteiger partial charge in [-0.15, -0.1) is 0 Å². The lowest BCUT2D eigenvalue weighted by atomic mass is 10.1. The zero-order valence-corrected chi connectivity index (χ0v) is 17.5. The number of benzene rings is 2.